The number of nitrogens with zero attached hydrogens (tertiary/aromatic N) is 2. The van der Waals surface area contributed by atoms with Gasteiger partial charge < -0.3 is 0 Å². The summed E-state index contributed by atoms with van der Waals surface area (Å²) in [5, 5.41) is 2.18. The van der Waals surface area contributed by atoms with Gasteiger partial charge in [0, 0.05) is 11.1 Å². The second-order valence-electron chi connectivity index (χ2n) is 14.8. The van der Waals surface area contributed by atoms with Crippen LogP contribution >= 0.6 is 0 Å². The van der Waals surface area contributed by atoms with Gasteiger partial charge >= 0.3 is 0 Å². The molecule has 0 amide bonds. The molecule has 0 aliphatic heterocycles. The van der Waals surface area contributed by atoms with E-state index in [4.69, 9.17) is 0 Å². The molecule has 8 aromatic rings. The summed E-state index contributed by atoms with van der Waals surface area (Å²) in [6.45, 7) is 0.710. The standard InChI is InChI=1S/C24BF20.C22H17N2O/c26-5-1(6(27)14(35)21(42)13(5)34)25(2-7(28)15(36)22(43)16(37)8(2)29,3-9(30)17(38)23(44)18(39)10(3)31)4-11(32)19(40)24(45)20(41)12(4)33;25-22(20-11-10-18-8-4-5-9-19(18)14-20)21-16-24(13-12-23-21)15-17-6-2-1-3-7-17/h;1-14,16H,15H2/q-1;+1. The van der Waals surface area contributed by atoms with Gasteiger partial charge in [-0.3, -0.25) is 4.79 Å². The number of fused-ring (bicyclic) bond motifs is 1. The smallest absolute Gasteiger partial charge is 0.217 e. The van der Waals surface area contributed by atoms with Crippen molar-refractivity contribution in [1.82, 2.24) is 4.98 Å². The highest BCUT2D eigenvalue weighted by molar-refractivity contribution is 7.20. The minimum atomic E-state index is -7.22. The third-order valence-corrected chi connectivity index (χ3v) is 10.9. The van der Waals surface area contributed by atoms with Gasteiger partial charge in [-0.15, -0.1) is 21.9 Å². The first-order valence-electron chi connectivity index (χ1n) is 19.2. The second-order valence-corrected chi connectivity index (χ2v) is 14.8. The normalized spacial score (nSPS) is 11.5. The Kier molecular flexibility index (Phi) is 13.6. The fourth-order valence-corrected chi connectivity index (χ4v) is 7.80. The summed E-state index contributed by atoms with van der Waals surface area (Å²) in [5.41, 5.74) is -12.0. The van der Waals surface area contributed by atoms with E-state index >= 15 is 35.1 Å². The lowest BCUT2D eigenvalue weighted by molar-refractivity contribution is -0.689. The van der Waals surface area contributed by atoms with Crippen molar-refractivity contribution in [2.75, 3.05) is 0 Å². The zero-order chi connectivity index (χ0) is 51.4. The molecular formula is C46H17BF20N2O. The summed E-state index contributed by atoms with van der Waals surface area (Å²) < 4.78 is 296. The molecule has 0 saturated carbocycles. The maximum absolute atomic E-state index is 15.4. The van der Waals surface area contributed by atoms with Crippen molar-refractivity contribution in [3.05, 3.63) is 225 Å². The van der Waals surface area contributed by atoms with E-state index in [9.17, 15) is 57.5 Å². The number of aromatic nitrogens is 2. The molecule has 0 unspecified atom stereocenters. The predicted octanol–water partition coefficient (Wildman–Crippen LogP) is 9.65. The monoisotopic (exact) mass is 1000 g/mol. The van der Waals surface area contributed by atoms with Crippen LogP contribution in [-0.4, -0.2) is 16.9 Å². The lowest BCUT2D eigenvalue weighted by Gasteiger charge is -2.44. The van der Waals surface area contributed by atoms with Crippen LogP contribution in [0.3, 0.4) is 0 Å². The van der Waals surface area contributed by atoms with Crippen LogP contribution in [0.1, 0.15) is 21.6 Å². The highest BCUT2D eigenvalue weighted by atomic mass is 19.2. The fourth-order valence-electron chi connectivity index (χ4n) is 7.80. The molecule has 0 spiro atoms. The summed E-state index contributed by atoms with van der Waals surface area (Å²) in [6.07, 6.45) is -1.85. The Labute approximate surface area is 377 Å². The molecule has 0 radical (unpaired) electrons. The molecule has 0 saturated heterocycles. The van der Waals surface area contributed by atoms with Gasteiger partial charge in [-0.25, -0.2) is 92.8 Å². The molecule has 0 fully saturated rings. The van der Waals surface area contributed by atoms with Crippen molar-refractivity contribution in [2.45, 2.75) is 6.54 Å². The SMILES string of the molecule is Fc1c(F)c(F)c([B-](c2c(F)c(F)c(F)c(F)c2F)(c2c(F)c(F)c(F)c(F)c2F)c2c(F)c(F)c(F)c(F)c2F)c(F)c1F.O=C(c1ccc2ccccc2c1)c1c[n+](Cc2ccccc2)ccn1. The third kappa shape index (κ3) is 8.02. The van der Waals surface area contributed by atoms with Crippen molar-refractivity contribution >= 4 is 44.6 Å². The quantitative estimate of drug-likeness (QED) is 0.0380. The van der Waals surface area contributed by atoms with Crippen molar-refractivity contribution in [2.24, 2.45) is 0 Å². The maximum atomic E-state index is 15.4. The number of rotatable bonds is 8. The topological polar surface area (TPSA) is 33.8 Å². The van der Waals surface area contributed by atoms with Gasteiger partial charge in [0.15, 0.2) is 94.4 Å². The molecule has 3 nitrogen and oxygen atoms in total. The van der Waals surface area contributed by atoms with Crippen LogP contribution < -0.4 is 26.4 Å². The van der Waals surface area contributed by atoms with Crippen LogP contribution in [0.5, 0.6) is 0 Å². The van der Waals surface area contributed by atoms with Crippen molar-refractivity contribution in [3.8, 4) is 0 Å². The van der Waals surface area contributed by atoms with Crippen molar-refractivity contribution < 1.29 is 97.2 Å². The van der Waals surface area contributed by atoms with Gasteiger partial charge in [0.2, 0.25) is 5.78 Å². The van der Waals surface area contributed by atoms with Gasteiger partial charge in [-0.05, 0) is 16.8 Å². The molecule has 8 rings (SSSR count). The molecule has 360 valence electrons. The predicted molar refractivity (Wildman–Crippen MR) is 207 cm³/mol. The minimum absolute atomic E-state index is 0.0619. The van der Waals surface area contributed by atoms with Crippen LogP contribution in [-0.2, 0) is 6.54 Å². The Balaban J connectivity index is 0.000000242. The summed E-state index contributed by atoms with van der Waals surface area (Å²) in [5.74, 6) is -71.5. The number of halogens is 20. The van der Waals surface area contributed by atoms with E-state index in [1.165, 1.54) is 5.56 Å². The van der Waals surface area contributed by atoms with Crippen LogP contribution in [0, 0.1) is 116 Å². The van der Waals surface area contributed by atoms with Crippen LogP contribution in [0.25, 0.3) is 10.8 Å². The number of carbonyl (C=O) groups excluding carboxylic acids is 1. The van der Waals surface area contributed by atoms with Gasteiger partial charge in [0.1, 0.15) is 52.7 Å². The zero-order valence-electron chi connectivity index (χ0n) is 33.8. The highest BCUT2D eigenvalue weighted by Crippen LogP contribution is 2.31. The molecule has 0 N–H and O–H groups in total. The first-order valence-corrected chi connectivity index (χ1v) is 19.2. The van der Waals surface area contributed by atoms with E-state index in [0.717, 1.165) is 10.8 Å². The largest absolute Gasteiger partial charge is 0.287 e. The molecule has 0 atom stereocenters. The molecular weight excluding hydrogens is 987 g/mol. The Morgan fingerprint density at radius 2 is 0.729 bits per heavy atom. The maximum Gasteiger partial charge on any atom is 0.217 e. The van der Waals surface area contributed by atoms with Gasteiger partial charge in [-0.2, -0.15) is 4.57 Å². The number of ketones is 1. The van der Waals surface area contributed by atoms with E-state index < -0.39 is 144 Å². The summed E-state index contributed by atoms with van der Waals surface area (Å²) in [4.78, 5) is 17.1. The van der Waals surface area contributed by atoms with Gasteiger partial charge in [0.25, 0.3) is 0 Å². The van der Waals surface area contributed by atoms with E-state index in [1.54, 1.807) is 6.20 Å². The van der Waals surface area contributed by atoms with Crippen LogP contribution in [0.4, 0.5) is 87.8 Å². The van der Waals surface area contributed by atoms with Gasteiger partial charge in [0.05, 0.1) is 6.20 Å². The van der Waals surface area contributed by atoms with E-state index in [0.29, 0.717) is 17.8 Å². The lowest BCUT2D eigenvalue weighted by atomic mass is 9.12. The molecule has 0 aliphatic carbocycles. The first-order chi connectivity index (χ1) is 33.0. The minimum Gasteiger partial charge on any atom is -0.287 e. The summed E-state index contributed by atoms with van der Waals surface area (Å²) >= 11 is 0. The molecule has 1 aromatic heterocycles. The average molecular weight is 1000 g/mol. The van der Waals surface area contributed by atoms with E-state index in [1.807, 2.05) is 77.6 Å². The Morgan fingerprint density at radius 3 is 1.10 bits per heavy atom. The van der Waals surface area contributed by atoms with Crippen molar-refractivity contribution in [1.29, 1.82) is 0 Å². The fraction of sp³-hybridized carbons (Fsp3) is 0.0217. The first kappa shape index (κ1) is 50.1. The molecule has 1 heterocycles. The number of hydrogen-bond acceptors (Lipinski definition) is 2. The average Bonchev–Trinajstić information content (AvgIpc) is 3.36. The van der Waals surface area contributed by atoms with Crippen LogP contribution in [0.15, 0.2) is 91.4 Å². The second kappa shape index (κ2) is 19.0. The number of carbonyl (C=O) groups is 1. The molecule has 0 bridgehead atoms. The molecule has 7 aromatic carbocycles. The lowest BCUT2D eigenvalue weighted by Crippen LogP contribution is -2.81. The molecule has 70 heavy (non-hydrogen) atoms. The van der Waals surface area contributed by atoms with E-state index in [2.05, 4.69) is 17.1 Å². The molecule has 24 heteroatoms. The summed E-state index contributed by atoms with van der Waals surface area (Å²) in [6, 6.07) is 23.9. The Hall–Kier alpha value is -7.79. The summed E-state index contributed by atoms with van der Waals surface area (Å²) in [7, 11) is 0. The van der Waals surface area contributed by atoms with Crippen molar-refractivity contribution in [3.63, 3.8) is 0 Å². The van der Waals surface area contributed by atoms with Crippen LogP contribution in [0.2, 0.25) is 0 Å². The number of benzene rings is 7. The number of hydrogen-bond donors (Lipinski definition) is 0. The zero-order valence-corrected chi connectivity index (χ0v) is 33.8. The Bertz CT molecular complexity index is 3070. The molecule has 0 aliphatic rings. The van der Waals surface area contributed by atoms with Gasteiger partial charge in [-0.1, -0.05) is 66.7 Å². The Morgan fingerprint density at radius 1 is 0.400 bits per heavy atom. The van der Waals surface area contributed by atoms with E-state index in [-0.39, 0.29) is 5.78 Å². The highest BCUT2D eigenvalue weighted by Gasteiger charge is 2.52. The third-order valence-electron chi connectivity index (χ3n) is 10.9.